The molecule has 0 unspecified atom stereocenters. The summed E-state index contributed by atoms with van der Waals surface area (Å²) in [6, 6.07) is 4.30. The molecule has 1 atom stereocenters. The molecule has 88 valence electrons. The van der Waals surface area contributed by atoms with Crippen LogP contribution in [0.4, 0.5) is 5.69 Å². The fourth-order valence-electron chi connectivity index (χ4n) is 1.28. The Bertz CT molecular complexity index is 394. The highest BCUT2D eigenvalue weighted by molar-refractivity contribution is 6.42. The number of anilines is 1. The van der Waals surface area contributed by atoms with Crippen LogP contribution in [-0.4, -0.2) is 17.1 Å². The Morgan fingerprint density at radius 2 is 1.94 bits per heavy atom. The second-order valence-electron chi connectivity index (χ2n) is 3.83. The molecule has 0 aliphatic rings. The van der Waals surface area contributed by atoms with Gasteiger partial charge in [-0.25, -0.2) is 4.79 Å². The zero-order valence-corrected chi connectivity index (χ0v) is 10.5. The van der Waals surface area contributed by atoms with Gasteiger partial charge in [0.2, 0.25) is 0 Å². The first-order valence-electron chi connectivity index (χ1n) is 4.86. The number of nitrogens with one attached hydrogen (secondary N) is 1. The van der Waals surface area contributed by atoms with Crippen molar-refractivity contribution in [2.45, 2.75) is 19.9 Å². The molecule has 16 heavy (non-hydrogen) atoms. The van der Waals surface area contributed by atoms with E-state index < -0.39 is 12.0 Å². The molecule has 1 aromatic carbocycles. The van der Waals surface area contributed by atoms with E-state index in [2.05, 4.69) is 5.32 Å². The van der Waals surface area contributed by atoms with E-state index in [1.807, 2.05) is 13.8 Å². The lowest BCUT2D eigenvalue weighted by Gasteiger charge is -2.19. The maximum Gasteiger partial charge on any atom is 0.326 e. The van der Waals surface area contributed by atoms with Crippen LogP contribution in [0.15, 0.2) is 18.2 Å². The summed E-state index contributed by atoms with van der Waals surface area (Å²) in [7, 11) is 0. The van der Waals surface area contributed by atoms with E-state index >= 15 is 0 Å². The number of hydrogen-bond donors (Lipinski definition) is 2. The molecular formula is C11H13Cl2NO2. The molecule has 0 aliphatic heterocycles. The predicted octanol–water partition coefficient (Wildman–Crippen LogP) is 3.51. The van der Waals surface area contributed by atoms with Gasteiger partial charge in [-0.2, -0.15) is 0 Å². The Balaban J connectivity index is 2.86. The SMILES string of the molecule is CC(C)[C@H](Nc1ccc(Cl)c(Cl)c1)C(=O)O. The van der Waals surface area contributed by atoms with E-state index in [1.165, 1.54) is 0 Å². The molecule has 0 fully saturated rings. The third kappa shape index (κ3) is 3.29. The summed E-state index contributed by atoms with van der Waals surface area (Å²) in [6.07, 6.45) is 0. The Hall–Kier alpha value is -0.930. The predicted molar refractivity (Wildman–Crippen MR) is 66.3 cm³/mol. The summed E-state index contributed by atoms with van der Waals surface area (Å²) in [5.74, 6) is -0.909. The molecule has 5 heteroatoms. The van der Waals surface area contributed by atoms with Gasteiger partial charge < -0.3 is 10.4 Å². The van der Waals surface area contributed by atoms with Gasteiger partial charge in [0.05, 0.1) is 10.0 Å². The Morgan fingerprint density at radius 1 is 1.31 bits per heavy atom. The number of aliphatic carboxylic acids is 1. The molecule has 0 bridgehead atoms. The molecule has 3 nitrogen and oxygen atoms in total. The number of carboxylic acid groups (broad SMARTS) is 1. The summed E-state index contributed by atoms with van der Waals surface area (Å²) in [4.78, 5) is 11.0. The van der Waals surface area contributed by atoms with Crippen molar-refractivity contribution in [3.05, 3.63) is 28.2 Å². The van der Waals surface area contributed by atoms with Gasteiger partial charge in [-0.1, -0.05) is 37.0 Å². The molecule has 2 N–H and O–H groups in total. The van der Waals surface area contributed by atoms with Crippen LogP contribution in [0.2, 0.25) is 10.0 Å². The van der Waals surface area contributed by atoms with Crippen molar-refractivity contribution in [3.8, 4) is 0 Å². The highest BCUT2D eigenvalue weighted by atomic mass is 35.5. The van der Waals surface area contributed by atoms with Crippen molar-refractivity contribution < 1.29 is 9.90 Å². The van der Waals surface area contributed by atoms with Crippen molar-refractivity contribution in [3.63, 3.8) is 0 Å². The van der Waals surface area contributed by atoms with Crippen LogP contribution in [0.1, 0.15) is 13.8 Å². The van der Waals surface area contributed by atoms with Crippen molar-refractivity contribution in [2.75, 3.05) is 5.32 Å². The second kappa shape index (κ2) is 5.41. The molecule has 0 spiro atoms. The van der Waals surface area contributed by atoms with Gasteiger partial charge in [0, 0.05) is 5.69 Å². The Labute approximate surface area is 104 Å². The average Bonchev–Trinajstić information content (AvgIpc) is 2.18. The number of carbonyl (C=O) groups is 1. The minimum absolute atomic E-state index is 0.0213. The largest absolute Gasteiger partial charge is 0.480 e. The van der Waals surface area contributed by atoms with Gasteiger partial charge >= 0.3 is 5.97 Å². The molecule has 0 heterocycles. The topological polar surface area (TPSA) is 49.3 Å². The Morgan fingerprint density at radius 3 is 2.38 bits per heavy atom. The van der Waals surface area contributed by atoms with Gasteiger partial charge in [-0.15, -0.1) is 0 Å². The van der Waals surface area contributed by atoms with Gasteiger partial charge in [0.15, 0.2) is 0 Å². The van der Waals surface area contributed by atoms with E-state index in [-0.39, 0.29) is 5.92 Å². The minimum Gasteiger partial charge on any atom is -0.480 e. The van der Waals surface area contributed by atoms with Crippen LogP contribution in [0.3, 0.4) is 0 Å². The molecule has 0 radical (unpaired) electrons. The molecule has 0 aliphatic carbocycles. The van der Waals surface area contributed by atoms with Crippen LogP contribution < -0.4 is 5.32 Å². The standard InChI is InChI=1S/C11H13Cl2NO2/c1-6(2)10(11(15)16)14-7-3-4-8(12)9(13)5-7/h3-6,10,14H,1-2H3,(H,15,16)/t10-/m0/s1. The smallest absolute Gasteiger partial charge is 0.326 e. The second-order valence-corrected chi connectivity index (χ2v) is 4.65. The molecule has 0 aromatic heterocycles. The summed E-state index contributed by atoms with van der Waals surface area (Å²) >= 11 is 11.6. The Kier molecular flexibility index (Phi) is 4.44. The molecule has 0 saturated carbocycles. The van der Waals surface area contributed by atoms with Crippen molar-refractivity contribution in [1.29, 1.82) is 0 Å². The molecule has 1 aromatic rings. The van der Waals surface area contributed by atoms with Gasteiger partial charge in [0.1, 0.15) is 6.04 Å². The zero-order chi connectivity index (χ0) is 12.3. The quantitative estimate of drug-likeness (QED) is 0.872. The van der Waals surface area contributed by atoms with Crippen molar-refractivity contribution >= 4 is 34.9 Å². The average molecular weight is 262 g/mol. The summed E-state index contributed by atoms with van der Waals surface area (Å²) in [5, 5.41) is 12.8. The highest BCUT2D eigenvalue weighted by Gasteiger charge is 2.21. The van der Waals surface area contributed by atoms with E-state index in [0.29, 0.717) is 15.7 Å². The maximum absolute atomic E-state index is 11.0. The first-order chi connectivity index (χ1) is 7.41. The number of halogens is 2. The highest BCUT2D eigenvalue weighted by Crippen LogP contribution is 2.25. The number of benzene rings is 1. The maximum atomic E-state index is 11.0. The van der Waals surface area contributed by atoms with Crippen LogP contribution in [0.5, 0.6) is 0 Å². The minimum atomic E-state index is -0.888. The lowest BCUT2D eigenvalue weighted by molar-refractivity contribution is -0.138. The van der Waals surface area contributed by atoms with E-state index in [1.54, 1.807) is 18.2 Å². The summed E-state index contributed by atoms with van der Waals surface area (Å²) in [5.41, 5.74) is 0.649. The molecular weight excluding hydrogens is 249 g/mol. The third-order valence-electron chi connectivity index (χ3n) is 2.17. The van der Waals surface area contributed by atoms with E-state index in [4.69, 9.17) is 28.3 Å². The lowest BCUT2D eigenvalue weighted by atomic mass is 10.0. The number of carboxylic acids is 1. The normalized spacial score (nSPS) is 12.6. The monoisotopic (exact) mass is 261 g/mol. The summed E-state index contributed by atoms with van der Waals surface area (Å²) < 4.78 is 0. The van der Waals surface area contributed by atoms with Gasteiger partial charge in [-0.3, -0.25) is 0 Å². The first-order valence-corrected chi connectivity index (χ1v) is 5.62. The third-order valence-corrected chi connectivity index (χ3v) is 2.91. The molecule has 1 rings (SSSR count). The van der Waals surface area contributed by atoms with Gasteiger partial charge in [0.25, 0.3) is 0 Å². The summed E-state index contributed by atoms with van der Waals surface area (Å²) in [6.45, 7) is 3.67. The molecule has 0 saturated heterocycles. The lowest BCUT2D eigenvalue weighted by Crippen LogP contribution is -2.34. The van der Waals surface area contributed by atoms with Crippen LogP contribution >= 0.6 is 23.2 Å². The van der Waals surface area contributed by atoms with Crippen LogP contribution in [-0.2, 0) is 4.79 Å². The zero-order valence-electron chi connectivity index (χ0n) is 9.00. The van der Waals surface area contributed by atoms with Crippen molar-refractivity contribution in [1.82, 2.24) is 0 Å². The molecule has 0 amide bonds. The van der Waals surface area contributed by atoms with Crippen molar-refractivity contribution in [2.24, 2.45) is 5.92 Å². The number of rotatable bonds is 4. The van der Waals surface area contributed by atoms with Crippen LogP contribution in [0.25, 0.3) is 0 Å². The van der Waals surface area contributed by atoms with Crippen LogP contribution in [0, 0.1) is 5.92 Å². The first kappa shape index (κ1) is 13.1. The van der Waals surface area contributed by atoms with E-state index in [9.17, 15) is 4.79 Å². The fraction of sp³-hybridized carbons (Fsp3) is 0.364. The van der Waals surface area contributed by atoms with E-state index in [0.717, 1.165) is 0 Å². The fourth-order valence-corrected chi connectivity index (χ4v) is 1.58. The van der Waals surface area contributed by atoms with Gasteiger partial charge in [-0.05, 0) is 24.1 Å². The number of hydrogen-bond acceptors (Lipinski definition) is 2.